The summed E-state index contributed by atoms with van der Waals surface area (Å²) in [6, 6.07) is 6.68. The van der Waals surface area contributed by atoms with E-state index in [2.05, 4.69) is 10.5 Å². The first-order valence-corrected chi connectivity index (χ1v) is 7.50. The Balaban J connectivity index is 3.05. The molecule has 0 aliphatic heterocycles. The van der Waals surface area contributed by atoms with Crippen LogP contribution in [0.4, 0.5) is 5.69 Å². The number of nitrogens with zero attached hydrogens (tertiary/aromatic N) is 1. The zero-order valence-electron chi connectivity index (χ0n) is 10.9. The highest BCUT2D eigenvalue weighted by Gasteiger charge is 2.24. The largest absolute Gasteiger partial charge is 0.411 e. The molecular formula is C12H16N2O4S. The molecule has 1 rings (SSSR count). The van der Waals surface area contributed by atoms with Gasteiger partial charge in [-0.15, -0.1) is 0 Å². The number of rotatable bonds is 4. The van der Waals surface area contributed by atoms with Gasteiger partial charge in [-0.05, 0) is 19.9 Å². The van der Waals surface area contributed by atoms with Gasteiger partial charge in [0.1, 0.15) is 5.25 Å². The van der Waals surface area contributed by atoms with Crippen molar-refractivity contribution in [1.82, 2.24) is 0 Å². The standard InChI is InChI=1S/C12H16N2O4S/c1-8(14-16)10-6-4-5-7-11(10)13-12(15)9(2)19(3,17)18/h4-7,9,16H,1-3H3,(H,13,15)/b14-8+. The third-order valence-electron chi connectivity index (χ3n) is 2.74. The Kier molecular flexibility index (Phi) is 4.66. The second kappa shape index (κ2) is 5.83. The molecule has 104 valence electrons. The van der Waals surface area contributed by atoms with Crippen molar-refractivity contribution in [3.63, 3.8) is 0 Å². The van der Waals surface area contributed by atoms with Gasteiger partial charge < -0.3 is 10.5 Å². The molecule has 1 atom stereocenters. The summed E-state index contributed by atoms with van der Waals surface area (Å²) in [4.78, 5) is 11.8. The Morgan fingerprint density at radius 1 is 1.37 bits per heavy atom. The van der Waals surface area contributed by atoms with Crippen LogP contribution in [0, 0.1) is 0 Å². The van der Waals surface area contributed by atoms with Gasteiger partial charge in [0.25, 0.3) is 0 Å². The molecule has 1 unspecified atom stereocenters. The van der Waals surface area contributed by atoms with E-state index in [1.807, 2.05) is 0 Å². The summed E-state index contributed by atoms with van der Waals surface area (Å²) in [7, 11) is -3.45. The highest BCUT2D eigenvalue weighted by Crippen LogP contribution is 2.17. The predicted octanol–water partition coefficient (Wildman–Crippen LogP) is 1.26. The molecule has 0 heterocycles. The van der Waals surface area contributed by atoms with Crippen LogP contribution in [0.25, 0.3) is 0 Å². The monoisotopic (exact) mass is 284 g/mol. The fourth-order valence-electron chi connectivity index (χ4n) is 1.39. The van der Waals surface area contributed by atoms with Crippen LogP contribution in [-0.2, 0) is 14.6 Å². The Morgan fingerprint density at radius 3 is 2.47 bits per heavy atom. The van der Waals surface area contributed by atoms with Crippen molar-refractivity contribution in [2.45, 2.75) is 19.1 Å². The van der Waals surface area contributed by atoms with Gasteiger partial charge in [-0.3, -0.25) is 4.79 Å². The quantitative estimate of drug-likeness (QED) is 0.494. The fourth-order valence-corrected chi connectivity index (χ4v) is 1.84. The molecule has 0 saturated heterocycles. The number of sulfone groups is 1. The molecule has 0 aliphatic rings. The fraction of sp³-hybridized carbons (Fsp3) is 0.333. The van der Waals surface area contributed by atoms with Gasteiger partial charge in [0.15, 0.2) is 9.84 Å². The number of anilines is 1. The average molecular weight is 284 g/mol. The topological polar surface area (TPSA) is 95.8 Å². The molecule has 0 bridgehead atoms. The molecule has 0 aliphatic carbocycles. The number of amides is 1. The Hall–Kier alpha value is -1.89. The molecule has 1 aromatic carbocycles. The molecule has 0 fully saturated rings. The molecule has 2 N–H and O–H groups in total. The number of para-hydroxylation sites is 1. The van der Waals surface area contributed by atoms with Crippen LogP contribution in [-0.4, -0.2) is 36.7 Å². The third-order valence-corrected chi connectivity index (χ3v) is 4.23. The molecule has 0 aromatic heterocycles. The lowest BCUT2D eigenvalue weighted by molar-refractivity contribution is -0.115. The highest BCUT2D eigenvalue weighted by molar-refractivity contribution is 7.92. The van der Waals surface area contributed by atoms with Gasteiger partial charge in [-0.25, -0.2) is 8.42 Å². The average Bonchev–Trinajstić information content (AvgIpc) is 2.36. The van der Waals surface area contributed by atoms with Gasteiger partial charge in [0, 0.05) is 17.5 Å². The summed E-state index contributed by atoms with van der Waals surface area (Å²) >= 11 is 0. The van der Waals surface area contributed by atoms with E-state index in [0.29, 0.717) is 17.0 Å². The van der Waals surface area contributed by atoms with Crippen molar-refractivity contribution < 1.29 is 18.4 Å². The second-order valence-corrected chi connectivity index (χ2v) is 6.56. The maximum atomic E-state index is 11.8. The van der Waals surface area contributed by atoms with Crippen LogP contribution in [0.3, 0.4) is 0 Å². The molecule has 0 spiro atoms. The van der Waals surface area contributed by atoms with E-state index in [1.54, 1.807) is 31.2 Å². The van der Waals surface area contributed by atoms with Crippen LogP contribution in [0.5, 0.6) is 0 Å². The van der Waals surface area contributed by atoms with Crippen LogP contribution in [0.15, 0.2) is 29.4 Å². The summed E-state index contributed by atoms with van der Waals surface area (Å²) < 4.78 is 22.6. The van der Waals surface area contributed by atoms with E-state index in [0.717, 1.165) is 6.26 Å². The normalized spacial score (nSPS) is 13.9. The summed E-state index contributed by atoms with van der Waals surface area (Å²) in [5.41, 5.74) is 1.25. The molecule has 0 radical (unpaired) electrons. The number of nitrogens with one attached hydrogen (secondary N) is 1. The van der Waals surface area contributed by atoms with Gasteiger partial charge in [-0.2, -0.15) is 0 Å². The lowest BCUT2D eigenvalue weighted by atomic mass is 10.1. The minimum atomic E-state index is -3.45. The van der Waals surface area contributed by atoms with Crippen LogP contribution >= 0.6 is 0 Å². The number of carbonyl (C=O) groups excluding carboxylic acids is 1. The van der Waals surface area contributed by atoms with Gasteiger partial charge in [0.05, 0.1) is 5.71 Å². The number of carbonyl (C=O) groups is 1. The van der Waals surface area contributed by atoms with E-state index in [4.69, 9.17) is 5.21 Å². The second-order valence-electron chi connectivity index (χ2n) is 4.19. The van der Waals surface area contributed by atoms with Crippen LogP contribution in [0.2, 0.25) is 0 Å². The summed E-state index contributed by atoms with van der Waals surface area (Å²) in [6.45, 7) is 2.89. The molecule has 19 heavy (non-hydrogen) atoms. The third kappa shape index (κ3) is 3.78. The molecule has 1 amide bonds. The van der Waals surface area contributed by atoms with Crippen molar-refractivity contribution in [2.75, 3.05) is 11.6 Å². The number of oxime groups is 1. The maximum absolute atomic E-state index is 11.8. The lowest BCUT2D eigenvalue weighted by Crippen LogP contribution is -2.32. The lowest BCUT2D eigenvalue weighted by Gasteiger charge is -2.13. The molecule has 0 saturated carbocycles. The first-order valence-electron chi connectivity index (χ1n) is 5.55. The first kappa shape index (κ1) is 15.2. The summed E-state index contributed by atoms with van der Waals surface area (Å²) in [5, 5.41) is 13.2. The smallest absolute Gasteiger partial charge is 0.242 e. The predicted molar refractivity (Wildman–Crippen MR) is 73.4 cm³/mol. The zero-order valence-corrected chi connectivity index (χ0v) is 11.7. The summed E-state index contributed by atoms with van der Waals surface area (Å²) in [6.07, 6.45) is 1.00. The minimum absolute atomic E-state index is 0.322. The van der Waals surface area contributed by atoms with Gasteiger partial charge in [0.2, 0.25) is 5.91 Å². The van der Waals surface area contributed by atoms with Crippen molar-refractivity contribution >= 4 is 27.1 Å². The molecule has 6 nitrogen and oxygen atoms in total. The zero-order chi connectivity index (χ0) is 14.6. The number of hydrogen-bond acceptors (Lipinski definition) is 5. The Labute approximate surface area is 112 Å². The van der Waals surface area contributed by atoms with Crippen molar-refractivity contribution in [3.8, 4) is 0 Å². The van der Waals surface area contributed by atoms with Gasteiger partial charge >= 0.3 is 0 Å². The van der Waals surface area contributed by atoms with Crippen molar-refractivity contribution in [1.29, 1.82) is 0 Å². The van der Waals surface area contributed by atoms with E-state index < -0.39 is 21.0 Å². The summed E-state index contributed by atoms with van der Waals surface area (Å²) in [5.74, 6) is -0.624. The van der Waals surface area contributed by atoms with E-state index in [1.165, 1.54) is 6.92 Å². The van der Waals surface area contributed by atoms with Crippen LogP contribution < -0.4 is 5.32 Å². The first-order chi connectivity index (χ1) is 8.77. The van der Waals surface area contributed by atoms with Crippen LogP contribution in [0.1, 0.15) is 19.4 Å². The van der Waals surface area contributed by atoms with Crippen molar-refractivity contribution in [2.24, 2.45) is 5.16 Å². The van der Waals surface area contributed by atoms with Crippen molar-refractivity contribution in [3.05, 3.63) is 29.8 Å². The molecule has 1 aromatic rings. The number of benzene rings is 1. The molecular weight excluding hydrogens is 268 g/mol. The highest BCUT2D eigenvalue weighted by atomic mass is 32.2. The Bertz CT molecular complexity index is 608. The maximum Gasteiger partial charge on any atom is 0.242 e. The van der Waals surface area contributed by atoms with E-state index in [-0.39, 0.29) is 0 Å². The minimum Gasteiger partial charge on any atom is -0.411 e. The SMILES string of the molecule is C/C(=N\O)c1ccccc1NC(=O)C(C)S(C)(=O)=O. The Morgan fingerprint density at radius 2 is 1.95 bits per heavy atom. The number of hydrogen-bond donors (Lipinski definition) is 2. The van der Waals surface area contributed by atoms with E-state index in [9.17, 15) is 13.2 Å². The molecule has 7 heteroatoms. The van der Waals surface area contributed by atoms with E-state index >= 15 is 0 Å². The van der Waals surface area contributed by atoms with Gasteiger partial charge in [-0.1, -0.05) is 23.4 Å².